The summed E-state index contributed by atoms with van der Waals surface area (Å²) in [6.45, 7) is 0. The van der Waals surface area contributed by atoms with E-state index in [-0.39, 0.29) is 12.1 Å². The van der Waals surface area contributed by atoms with Gasteiger partial charge in [0.1, 0.15) is 17.6 Å². The molecule has 0 aliphatic carbocycles. The lowest BCUT2D eigenvalue weighted by Gasteiger charge is -2.26. The van der Waals surface area contributed by atoms with Crippen molar-refractivity contribution in [3.05, 3.63) is 102 Å². The molecule has 1 N–H and O–H groups in total. The zero-order valence-electron chi connectivity index (χ0n) is 20.2. The number of carbonyl (C=O) groups is 1. The van der Waals surface area contributed by atoms with Crippen LogP contribution in [-0.2, 0) is 4.74 Å². The van der Waals surface area contributed by atoms with Gasteiger partial charge in [0.2, 0.25) is 0 Å². The van der Waals surface area contributed by atoms with Crippen LogP contribution in [0.2, 0.25) is 0 Å². The predicted molar refractivity (Wildman–Crippen MR) is 144 cm³/mol. The van der Waals surface area contributed by atoms with Crippen LogP contribution in [0.4, 0.5) is 11.4 Å². The Balaban J connectivity index is 1.56. The zero-order chi connectivity index (χ0) is 25.2. The molecule has 1 fully saturated rings. The standard InChI is InChI=1S/C28H26N4O3S/c1-31(2)20-10-12-21(13-11-20)32-26(25(30-28(32)36)22-9-4-5-16-29-22)24-15-14-23(35-24)18-7-6-8-19(17-18)27(33)34-3/h4-17,25-26H,1-3H3,(H,30,36)/t25-,26+/m1/s1. The molecule has 8 heteroatoms. The van der Waals surface area contributed by atoms with Crippen molar-refractivity contribution in [1.29, 1.82) is 0 Å². The van der Waals surface area contributed by atoms with E-state index in [2.05, 4.69) is 44.4 Å². The molecule has 0 spiro atoms. The second kappa shape index (κ2) is 9.83. The molecule has 3 heterocycles. The van der Waals surface area contributed by atoms with Gasteiger partial charge < -0.3 is 24.3 Å². The van der Waals surface area contributed by atoms with Crippen molar-refractivity contribution in [3.63, 3.8) is 0 Å². The summed E-state index contributed by atoms with van der Waals surface area (Å²) in [5, 5.41) is 4.04. The maximum atomic E-state index is 12.0. The van der Waals surface area contributed by atoms with Gasteiger partial charge in [-0.25, -0.2) is 4.79 Å². The highest BCUT2D eigenvalue weighted by Crippen LogP contribution is 2.43. The summed E-state index contributed by atoms with van der Waals surface area (Å²) in [6, 6.07) is 24.7. The summed E-state index contributed by atoms with van der Waals surface area (Å²) in [6.07, 6.45) is 1.78. The van der Waals surface area contributed by atoms with Gasteiger partial charge in [-0.3, -0.25) is 4.98 Å². The topological polar surface area (TPSA) is 70.8 Å². The number of anilines is 2. The maximum absolute atomic E-state index is 12.0. The summed E-state index contributed by atoms with van der Waals surface area (Å²) in [5.41, 5.74) is 4.16. The van der Waals surface area contributed by atoms with Crippen LogP contribution in [0.3, 0.4) is 0 Å². The molecule has 0 amide bonds. The fourth-order valence-electron chi connectivity index (χ4n) is 4.42. The molecule has 0 saturated carbocycles. The highest BCUT2D eigenvalue weighted by atomic mass is 32.1. The van der Waals surface area contributed by atoms with E-state index in [4.69, 9.17) is 21.4 Å². The second-order valence-corrected chi connectivity index (χ2v) is 9.07. The van der Waals surface area contributed by atoms with Gasteiger partial charge in [0.25, 0.3) is 0 Å². The van der Waals surface area contributed by atoms with Crippen molar-refractivity contribution in [2.24, 2.45) is 0 Å². The van der Waals surface area contributed by atoms with Crippen molar-refractivity contribution >= 4 is 34.7 Å². The Morgan fingerprint density at radius 3 is 2.56 bits per heavy atom. The van der Waals surface area contributed by atoms with Gasteiger partial charge in [0.15, 0.2) is 5.11 Å². The maximum Gasteiger partial charge on any atom is 0.337 e. The van der Waals surface area contributed by atoms with Crippen molar-refractivity contribution in [2.45, 2.75) is 12.1 Å². The van der Waals surface area contributed by atoms with Crippen molar-refractivity contribution < 1.29 is 13.9 Å². The van der Waals surface area contributed by atoms with Gasteiger partial charge >= 0.3 is 5.97 Å². The van der Waals surface area contributed by atoms with Gasteiger partial charge in [0, 0.05) is 37.2 Å². The number of nitrogens with one attached hydrogen (secondary N) is 1. The van der Waals surface area contributed by atoms with E-state index in [0.717, 1.165) is 28.4 Å². The number of aromatic nitrogens is 1. The van der Waals surface area contributed by atoms with Gasteiger partial charge in [0.05, 0.1) is 24.4 Å². The van der Waals surface area contributed by atoms with E-state index in [1.165, 1.54) is 7.11 Å². The number of hydrogen-bond acceptors (Lipinski definition) is 6. The number of hydrogen-bond donors (Lipinski definition) is 1. The molecule has 1 aliphatic heterocycles. The predicted octanol–water partition coefficient (Wildman–Crippen LogP) is 5.37. The number of ether oxygens (including phenoxy) is 1. The van der Waals surface area contributed by atoms with Crippen LogP contribution < -0.4 is 15.1 Å². The lowest BCUT2D eigenvalue weighted by Crippen LogP contribution is -2.29. The Bertz CT molecular complexity index is 1390. The molecule has 4 aromatic rings. The first-order valence-corrected chi connectivity index (χ1v) is 11.9. The molecule has 2 atom stereocenters. The van der Waals surface area contributed by atoms with E-state index < -0.39 is 5.97 Å². The number of esters is 1. The number of furan rings is 1. The number of pyridine rings is 1. The van der Waals surface area contributed by atoms with E-state index in [9.17, 15) is 4.79 Å². The summed E-state index contributed by atoms with van der Waals surface area (Å²) in [7, 11) is 5.39. The highest BCUT2D eigenvalue weighted by Gasteiger charge is 2.42. The quantitative estimate of drug-likeness (QED) is 0.281. The molecular formula is C28H26N4O3S. The van der Waals surface area contributed by atoms with Gasteiger partial charge in [-0.1, -0.05) is 18.2 Å². The lowest BCUT2D eigenvalue weighted by molar-refractivity contribution is 0.0601. The average Bonchev–Trinajstić information content (AvgIpc) is 3.53. The minimum Gasteiger partial charge on any atom is -0.465 e. The number of nitrogens with zero attached hydrogens (tertiary/aromatic N) is 3. The number of methoxy groups -OCH3 is 1. The monoisotopic (exact) mass is 498 g/mol. The lowest BCUT2D eigenvalue weighted by atomic mass is 10.0. The molecular weight excluding hydrogens is 472 g/mol. The molecule has 2 aromatic heterocycles. The molecule has 7 nitrogen and oxygen atoms in total. The third-order valence-corrected chi connectivity index (χ3v) is 6.54. The molecule has 0 bridgehead atoms. The van der Waals surface area contributed by atoms with Crippen LogP contribution in [0.5, 0.6) is 0 Å². The third kappa shape index (κ3) is 4.43. The number of benzene rings is 2. The normalized spacial score (nSPS) is 17.1. The first kappa shape index (κ1) is 23.6. The fraction of sp³-hybridized carbons (Fsp3) is 0.179. The smallest absolute Gasteiger partial charge is 0.337 e. The molecule has 0 radical (unpaired) electrons. The largest absolute Gasteiger partial charge is 0.465 e. The van der Waals surface area contributed by atoms with Crippen molar-refractivity contribution in [1.82, 2.24) is 10.3 Å². The minimum absolute atomic E-state index is 0.215. The van der Waals surface area contributed by atoms with Crippen LogP contribution in [0.25, 0.3) is 11.3 Å². The van der Waals surface area contributed by atoms with Crippen LogP contribution in [0, 0.1) is 0 Å². The Kier molecular flexibility index (Phi) is 6.43. The Morgan fingerprint density at radius 1 is 1.06 bits per heavy atom. The molecule has 36 heavy (non-hydrogen) atoms. The zero-order valence-corrected chi connectivity index (χ0v) is 21.0. The van der Waals surface area contributed by atoms with Gasteiger partial charge in [-0.2, -0.15) is 0 Å². The number of thiocarbonyl (C=S) groups is 1. The molecule has 2 aromatic carbocycles. The summed E-state index contributed by atoms with van der Waals surface area (Å²) in [4.78, 5) is 20.7. The molecule has 0 unspecified atom stereocenters. The van der Waals surface area contributed by atoms with Crippen LogP contribution in [0.1, 0.15) is 33.9 Å². The van der Waals surface area contributed by atoms with Gasteiger partial charge in [-0.05, 0) is 72.9 Å². The Hall–Kier alpha value is -4.17. The molecule has 5 rings (SSSR count). The minimum atomic E-state index is -0.392. The molecule has 182 valence electrons. The third-order valence-electron chi connectivity index (χ3n) is 6.23. The SMILES string of the molecule is COC(=O)c1cccc(-c2ccc([C@H]3[C@@H](c4ccccn4)NC(=S)N3c3ccc(N(C)C)cc3)o2)c1. The molecule has 1 aliphatic rings. The van der Waals surface area contributed by atoms with E-state index in [0.29, 0.717) is 16.4 Å². The van der Waals surface area contributed by atoms with E-state index in [1.807, 2.05) is 56.6 Å². The number of carbonyl (C=O) groups excluding carboxylic acids is 1. The van der Waals surface area contributed by atoms with Crippen molar-refractivity contribution in [3.8, 4) is 11.3 Å². The summed E-state index contributed by atoms with van der Waals surface area (Å²) >= 11 is 5.80. The average molecular weight is 499 g/mol. The van der Waals surface area contributed by atoms with Gasteiger partial charge in [-0.15, -0.1) is 0 Å². The van der Waals surface area contributed by atoms with E-state index in [1.54, 1.807) is 18.3 Å². The van der Waals surface area contributed by atoms with E-state index >= 15 is 0 Å². The van der Waals surface area contributed by atoms with Crippen LogP contribution in [0.15, 0.2) is 89.5 Å². The molecule has 1 saturated heterocycles. The Labute approximate surface area is 215 Å². The second-order valence-electron chi connectivity index (χ2n) is 8.68. The number of rotatable bonds is 6. The first-order valence-electron chi connectivity index (χ1n) is 11.5. The summed E-state index contributed by atoms with van der Waals surface area (Å²) in [5.74, 6) is 0.987. The van der Waals surface area contributed by atoms with Crippen molar-refractivity contribution in [2.75, 3.05) is 31.0 Å². The van der Waals surface area contributed by atoms with Crippen LogP contribution in [-0.4, -0.2) is 37.3 Å². The Morgan fingerprint density at radius 2 is 1.86 bits per heavy atom. The highest BCUT2D eigenvalue weighted by molar-refractivity contribution is 7.80. The van der Waals surface area contributed by atoms with Crippen LogP contribution >= 0.6 is 12.2 Å². The first-order chi connectivity index (χ1) is 17.5. The fourth-order valence-corrected chi connectivity index (χ4v) is 4.76. The summed E-state index contributed by atoms with van der Waals surface area (Å²) < 4.78 is 11.3.